The van der Waals surface area contributed by atoms with Crippen molar-refractivity contribution in [2.45, 2.75) is 48.0 Å². The SMILES string of the molecule is CCN(CC)CC(C)(CC)CNCC(C)C. The van der Waals surface area contributed by atoms with E-state index in [0.717, 1.165) is 32.1 Å². The molecule has 1 unspecified atom stereocenters. The second kappa shape index (κ2) is 8.08. The van der Waals surface area contributed by atoms with Gasteiger partial charge in [-0.3, -0.25) is 0 Å². The fourth-order valence-electron chi connectivity index (χ4n) is 1.94. The van der Waals surface area contributed by atoms with Gasteiger partial charge in [0, 0.05) is 13.1 Å². The normalized spacial score (nSPS) is 15.8. The van der Waals surface area contributed by atoms with Crippen LogP contribution in [0.4, 0.5) is 0 Å². The van der Waals surface area contributed by atoms with Crippen molar-refractivity contribution in [2.24, 2.45) is 11.3 Å². The molecule has 0 aliphatic rings. The molecule has 0 aromatic carbocycles. The van der Waals surface area contributed by atoms with E-state index >= 15 is 0 Å². The van der Waals surface area contributed by atoms with E-state index in [-0.39, 0.29) is 0 Å². The van der Waals surface area contributed by atoms with Crippen molar-refractivity contribution in [3.05, 3.63) is 0 Å². The summed E-state index contributed by atoms with van der Waals surface area (Å²) in [4.78, 5) is 2.53. The van der Waals surface area contributed by atoms with Crippen LogP contribution >= 0.6 is 0 Å². The third-order valence-electron chi connectivity index (χ3n) is 3.46. The molecule has 16 heavy (non-hydrogen) atoms. The van der Waals surface area contributed by atoms with Crippen molar-refractivity contribution in [2.75, 3.05) is 32.7 Å². The number of nitrogens with zero attached hydrogens (tertiary/aromatic N) is 1. The smallest absolute Gasteiger partial charge is 0.00471 e. The molecular weight excluding hydrogens is 196 g/mol. The van der Waals surface area contributed by atoms with Crippen molar-refractivity contribution in [3.63, 3.8) is 0 Å². The van der Waals surface area contributed by atoms with Gasteiger partial charge >= 0.3 is 0 Å². The van der Waals surface area contributed by atoms with Gasteiger partial charge in [0.2, 0.25) is 0 Å². The van der Waals surface area contributed by atoms with Crippen molar-refractivity contribution in [1.82, 2.24) is 10.2 Å². The first kappa shape index (κ1) is 15.9. The van der Waals surface area contributed by atoms with Crippen molar-refractivity contribution >= 4 is 0 Å². The van der Waals surface area contributed by atoms with E-state index < -0.39 is 0 Å². The zero-order valence-corrected chi connectivity index (χ0v) is 12.3. The molecule has 2 heteroatoms. The van der Waals surface area contributed by atoms with Gasteiger partial charge in [0.15, 0.2) is 0 Å². The summed E-state index contributed by atoms with van der Waals surface area (Å²) in [5, 5.41) is 3.60. The summed E-state index contributed by atoms with van der Waals surface area (Å²) in [6.45, 7) is 19.5. The summed E-state index contributed by atoms with van der Waals surface area (Å²) in [7, 11) is 0. The Morgan fingerprint density at radius 2 is 1.69 bits per heavy atom. The van der Waals surface area contributed by atoms with Crippen LogP contribution in [0.5, 0.6) is 0 Å². The molecule has 0 aromatic rings. The van der Waals surface area contributed by atoms with E-state index in [1.807, 2.05) is 0 Å². The third-order valence-corrected chi connectivity index (χ3v) is 3.46. The molecule has 98 valence electrons. The molecule has 1 N–H and O–H groups in total. The zero-order chi connectivity index (χ0) is 12.6. The number of rotatable bonds is 9. The highest BCUT2D eigenvalue weighted by Crippen LogP contribution is 2.21. The highest BCUT2D eigenvalue weighted by Gasteiger charge is 2.23. The standard InChI is InChI=1S/C14H32N2/c1-7-14(6,11-15-10-13(4)5)12-16(8-2)9-3/h13,15H,7-12H2,1-6H3. The van der Waals surface area contributed by atoms with Gasteiger partial charge in [-0.1, -0.05) is 41.5 Å². The van der Waals surface area contributed by atoms with E-state index in [9.17, 15) is 0 Å². The predicted molar refractivity (Wildman–Crippen MR) is 73.9 cm³/mol. The summed E-state index contributed by atoms with van der Waals surface area (Å²) in [6, 6.07) is 0. The van der Waals surface area contributed by atoms with E-state index in [1.165, 1.54) is 13.0 Å². The molecule has 0 aliphatic heterocycles. The summed E-state index contributed by atoms with van der Waals surface area (Å²) < 4.78 is 0. The monoisotopic (exact) mass is 228 g/mol. The molecule has 1 atom stereocenters. The van der Waals surface area contributed by atoms with Crippen LogP contribution in [-0.2, 0) is 0 Å². The van der Waals surface area contributed by atoms with Crippen LogP contribution < -0.4 is 5.32 Å². The van der Waals surface area contributed by atoms with Crippen molar-refractivity contribution in [1.29, 1.82) is 0 Å². The van der Waals surface area contributed by atoms with Crippen LogP contribution in [0, 0.1) is 11.3 Å². The maximum Gasteiger partial charge on any atom is 0.00471 e. The molecule has 0 saturated carbocycles. The van der Waals surface area contributed by atoms with E-state index in [1.54, 1.807) is 0 Å². The lowest BCUT2D eigenvalue weighted by Gasteiger charge is -2.34. The number of hydrogen-bond acceptors (Lipinski definition) is 2. The molecule has 0 radical (unpaired) electrons. The van der Waals surface area contributed by atoms with Crippen LogP contribution in [-0.4, -0.2) is 37.6 Å². The minimum Gasteiger partial charge on any atom is -0.316 e. The van der Waals surface area contributed by atoms with Crippen molar-refractivity contribution in [3.8, 4) is 0 Å². The first-order valence-electron chi connectivity index (χ1n) is 6.90. The average molecular weight is 228 g/mol. The Labute approximate surface area is 103 Å². The molecule has 0 saturated heterocycles. The highest BCUT2D eigenvalue weighted by atomic mass is 15.1. The minimum absolute atomic E-state index is 0.418. The predicted octanol–water partition coefficient (Wildman–Crippen LogP) is 2.99. The maximum atomic E-state index is 3.60. The maximum absolute atomic E-state index is 3.60. The van der Waals surface area contributed by atoms with Gasteiger partial charge < -0.3 is 10.2 Å². The summed E-state index contributed by atoms with van der Waals surface area (Å²) in [5.74, 6) is 0.745. The second-order valence-corrected chi connectivity index (χ2v) is 5.65. The lowest BCUT2D eigenvalue weighted by molar-refractivity contribution is 0.165. The molecule has 0 amide bonds. The van der Waals surface area contributed by atoms with Gasteiger partial charge in [-0.05, 0) is 37.4 Å². The minimum atomic E-state index is 0.418. The zero-order valence-electron chi connectivity index (χ0n) is 12.3. The molecule has 0 spiro atoms. The Morgan fingerprint density at radius 1 is 1.12 bits per heavy atom. The fourth-order valence-corrected chi connectivity index (χ4v) is 1.94. The van der Waals surface area contributed by atoms with Gasteiger partial charge in [-0.2, -0.15) is 0 Å². The summed E-state index contributed by atoms with van der Waals surface area (Å²) >= 11 is 0. The van der Waals surface area contributed by atoms with E-state index in [2.05, 4.69) is 51.8 Å². The quantitative estimate of drug-likeness (QED) is 0.652. The van der Waals surface area contributed by atoms with Gasteiger partial charge in [0.1, 0.15) is 0 Å². The average Bonchev–Trinajstić information content (AvgIpc) is 2.25. The largest absolute Gasteiger partial charge is 0.316 e. The Hall–Kier alpha value is -0.0800. The van der Waals surface area contributed by atoms with E-state index in [4.69, 9.17) is 0 Å². The summed E-state index contributed by atoms with van der Waals surface area (Å²) in [6.07, 6.45) is 1.24. The number of nitrogens with one attached hydrogen (secondary N) is 1. The van der Waals surface area contributed by atoms with Crippen LogP contribution in [0.25, 0.3) is 0 Å². The van der Waals surface area contributed by atoms with Crippen LogP contribution in [0.15, 0.2) is 0 Å². The molecule has 0 aliphatic carbocycles. The van der Waals surface area contributed by atoms with Crippen LogP contribution in [0.2, 0.25) is 0 Å². The Bertz CT molecular complexity index is 164. The Balaban J connectivity index is 4.08. The van der Waals surface area contributed by atoms with Crippen LogP contribution in [0.1, 0.15) is 48.0 Å². The first-order valence-corrected chi connectivity index (χ1v) is 6.90. The lowest BCUT2D eigenvalue weighted by atomic mass is 9.86. The van der Waals surface area contributed by atoms with Crippen LogP contribution in [0.3, 0.4) is 0 Å². The van der Waals surface area contributed by atoms with Gasteiger partial charge in [0.25, 0.3) is 0 Å². The highest BCUT2D eigenvalue weighted by molar-refractivity contribution is 4.79. The molecule has 2 nitrogen and oxygen atoms in total. The summed E-state index contributed by atoms with van der Waals surface area (Å²) in [5.41, 5.74) is 0.418. The molecule has 0 bridgehead atoms. The van der Waals surface area contributed by atoms with E-state index in [0.29, 0.717) is 5.41 Å². The number of hydrogen-bond donors (Lipinski definition) is 1. The molecule has 0 fully saturated rings. The molecular formula is C14H32N2. The first-order chi connectivity index (χ1) is 7.47. The van der Waals surface area contributed by atoms with Crippen molar-refractivity contribution < 1.29 is 0 Å². The molecule has 0 heterocycles. The lowest BCUT2D eigenvalue weighted by Crippen LogP contribution is -2.42. The Kier molecular flexibility index (Phi) is 8.04. The van der Waals surface area contributed by atoms with Gasteiger partial charge in [-0.15, -0.1) is 0 Å². The molecule has 0 aromatic heterocycles. The molecule has 0 rings (SSSR count). The third kappa shape index (κ3) is 6.49. The fraction of sp³-hybridized carbons (Fsp3) is 1.00. The Morgan fingerprint density at radius 3 is 2.06 bits per heavy atom. The second-order valence-electron chi connectivity index (χ2n) is 5.65. The van der Waals surface area contributed by atoms with Gasteiger partial charge in [-0.25, -0.2) is 0 Å². The topological polar surface area (TPSA) is 15.3 Å². The van der Waals surface area contributed by atoms with Gasteiger partial charge in [0.05, 0.1) is 0 Å².